The highest BCUT2D eigenvalue weighted by molar-refractivity contribution is 5.91. The number of benzene rings is 4. The van der Waals surface area contributed by atoms with Crippen LogP contribution in [0.3, 0.4) is 0 Å². The Bertz CT molecular complexity index is 2050. The molecule has 45 heavy (non-hydrogen) atoms. The molecule has 1 aliphatic carbocycles. The Balaban J connectivity index is 1.29. The molecule has 0 aliphatic heterocycles. The zero-order valence-corrected chi connectivity index (χ0v) is 25.1. The van der Waals surface area contributed by atoms with Crippen LogP contribution >= 0.6 is 0 Å². The molecule has 0 bridgehead atoms. The summed E-state index contributed by atoms with van der Waals surface area (Å²) in [5.41, 5.74) is 14.3. The molecule has 3 heterocycles. The maximum Gasteiger partial charge on any atom is 0.161 e. The molecule has 7 aromatic rings. The lowest BCUT2D eigenvalue weighted by molar-refractivity contribution is 0.660. The fourth-order valence-electron chi connectivity index (χ4n) is 6.54. The lowest BCUT2D eigenvalue weighted by atomic mass is 9.82. The number of aromatic nitrogens is 4. The Hall–Kier alpha value is -5.74. The van der Waals surface area contributed by atoms with Gasteiger partial charge in [0.05, 0.1) is 11.4 Å². The van der Waals surface area contributed by atoms with Crippen molar-refractivity contribution in [3.8, 4) is 67.3 Å². The van der Waals surface area contributed by atoms with Crippen molar-refractivity contribution in [1.82, 2.24) is 19.9 Å². The van der Waals surface area contributed by atoms with Gasteiger partial charge < -0.3 is 0 Å². The molecule has 8 rings (SSSR count). The topological polar surface area (TPSA) is 51.6 Å². The van der Waals surface area contributed by atoms with Gasteiger partial charge in [0.2, 0.25) is 0 Å². The average Bonchev–Trinajstić information content (AvgIpc) is 3.35. The summed E-state index contributed by atoms with van der Waals surface area (Å²) >= 11 is 0. The third kappa shape index (κ3) is 4.72. The summed E-state index contributed by atoms with van der Waals surface area (Å²) < 4.78 is 0. The molecule has 4 nitrogen and oxygen atoms in total. The van der Waals surface area contributed by atoms with Crippen LogP contribution in [-0.4, -0.2) is 19.9 Å². The fraction of sp³-hybridized carbons (Fsp3) is 0.0732. The minimum Gasteiger partial charge on any atom is -0.264 e. The molecule has 214 valence electrons. The van der Waals surface area contributed by atoms with Gasteiger partial charge in [-0.2, -0.15) is 0 Å². The summed E-state index contributed by atoms with van der Waals surface area (Å²) in [5.74, 6) is 0.722. The zero-order chi connectivity index (χ0) is 30.4. The molecule has 0 radical (unpaired) electrons. The van der Waals surface area contributed by atoms with Crippen LogP contribution in [0.2, 0.25) is 0 Å². The zero-order valence-electron chi connectivity index (χ0n) is 25.1. The van der Waals surface area contributed by atoms with Gasteiger partial charge >= 0.3 is 0 Å². The van der Waals surface area contributed by atoms with E-state index in [4.69, 9.17) is 9.97 Å². The second-order valence-corrected chi connectivity index (χ2v) is 12.0. The van der Waals surface area contributed by atoms with Crippen molar-refractivity contribution in [2.45, 2.75) is 19.3 Å². The SMILES string of the molecule is CC1(C)c2ccccc2-c2c(-c3nc(-c4ccc(-c5cccnc5)cc4)cc(-c4ccc(-c5cccnc5)cc4)n3)cccc21. The van der Waals surface area contributed by atoms with Crippen molar-refractivity contribution >= 4 is 0 Å². The minimum absolute atomic E-state index is 0.105. The second kappa shape index (κ2) is 10.8. The molecule has 4 aromatic carbocycles. The smallest absolute Gasteiger partial charge is 0.161 e. The Morgan fingerprint density at radius 3 is 1.51 bits per heavy atom. The lowest BCUT2D eigenvalue weighted by Crippen LogP contribution is -2.14. The molecule has 0 fully saturated rings. The van der Waals surface area contributed by atoms with E-state index in [-0.39, 0.29) is 5.41 Å². The Labute approximate surface area is 263 Å². The molecule has 0 atom stereocenters. The van der Waals surface area contributed by atoms with Gasteiger partial charge in [-0.3, -0.25) is 9.97 Å². The largest absolute Gasteiger partial charge is 0.264 e. The van der Waals surface area contributed by atoms with Crippen LogP contribution in [0.15, 0.2) is 146 Å². The highest BCUT2D eigenvalue weighted by Gasteiger charge is 2.37. The van der Waals surface area contributed by atoms with Crippen LogP contribution < -0.4 is 0 Å². The highest BCUT2D eigenvalue weighted by atomic mass is 14.9. The van der Waals surface area contributed by atoms with E-state index < -0.39 is 0 Å². The summed E-state index contributed by atoms with van der Waals surface area (Å²) in [7, 11) is 0. The van der Waals surface area contributed by atoms with Gasteiger partial charge in [0.25, 0.3) is 0 Å². The molecule has 0 unspecified atom stereocenters. The Morgan fingerprint density at radius 2 is 0.956 bits per heavy atom. The van der Waals surface area contributed by atoms with Crippen LogP contribution in [0, 0.1) is 0 Å². The summed E-state index contributed by atoms with van der Waals surface area (Å²) in [6.45, 7) is 4.61. The number of pyridine rings is 2. The first-order valence-corrected chi connectivity index (χ1v) is 15.2. The Morgan fingerprint density at radius 1 is 0.444 bits per heavy atom. The normalized spacial score (nSPS) is 12.8. The van der Waals surface area contributed by atoms with E-state index >= 15 is 0 Å². The van der Waals surface area contributed by atoms with Gasteiger partial charge in [0.15, 0.2) is 5.82 Å². The summed E-state index contributed by atoms with van der Waals surface area (Å²) in [6, 6.07) is 42.5. The fourth-order valence-corrected chi connectivity index (χ4v) is 6.54. The first-order chi connectivity index (χ1) is 22.1. The number of hydrogen-bond donors (Lipinski definition) is 0. The molecule has 0 spiro atoms. The number of rotatable bonds is 5. The van der Waals surface area contributed by atoms with Crippen molar-refractivity contribution < 1.29 is 0 Å². The average molecular weight is 579 g/mol. The van der Waals surface area contributed by atoms with E-state index in [1.807, 2.05) is 24.5 Å². The van der Waals surface area contributed by atoms with Crippen molar-refractivity contribution in [2.75, 3.05) is 0 Å². The monoisotopic (exact) mass is 578 g/mol. The predicted octanol–water partition coefficient (Wildman–Crippen LogP) is 9.91. The van der Waals surface area contributed by atoms with Gasteiger partial charge in [-0.25, -0.2) is 9.97 Å². The Kier molecular flexibility index (Phi) is 6.42. The summed E-state index contributed by atoms with van der Waals surface area (Å²) in [6.07, 6.45) is 7.37. The van der Waals surface area contributed by atoms with E-state index in [9.17, 15) is 0 Å². The third-order valence-corrected chi connectivity index (χ3v) is 8.93. The number of nitrogens with zero attached hydrogens (tertiary/aromatic N) is 4. The van der Waals surface area contributed by atoms with E-state index in [0.717, 1.165) is 56.2 Å². The predicted molar refractivity (Wildman–Crippen MR) is 182 cm³/mol. The maximum atomic E-state index is 5.23. The summed E-state index contributed by atoms with van der Waals surface area (Å²) in [5, 5.41) is 0. The van der Waals surface area contributed by atoms with E-state index in [1.54, 1.807) is 12.4 Å². The van der Waals surface area contributed by atoms with E-state index in [1.165, 1.54) is 22.3 Å². The van der Waals surface area contributed by atoms with Crippen LogP contribution in [0.5, 0.6) is 0 Å². The molecule has 0 saturated carbocycles. The maximum absolute atomic E-state index is 5.23. The first kappa shape index (κ1) is 26.9. The van der Waals surface area contributed by atoms with Gasteiger partial charge in [0.1, 0.15) is 0 Å². The molecule has 4 heteroatoms. The van der Waals surface area contributed by atoms with Gasteiger partial charge in [-0.1, -0.05) is 117 Å². The number of hydrogen-bond acceptors (Lipinski definition) is 4. The lowest BCUT2D eigenvalue weighted by Gasteiger charge is -2.21. The molecule has 0 saturated heterocycles. The van der Waals surface area contributed by atoms with Gasteiger partial charge in [0, 0.05) is 46.9 Å². The standard InChI is InChI=1S/C41H30N4/c1-41(2)35-12-4-3-10-33(35)39-34(11-5-13-36(39)41)40-44-37(29-18-14-27(15-19-29)31-8-6-22-42-25-31)24-38(45-40)30-20-16-28(17-21-30)32-9-7-23-43-26-32/h3-26H,1-2H3. The molecule has 0 N–H and O–H groups in total. The molecular formula is C41H30N4. The summed E-state index contributed by atoms with van der Waals surface area (Å²) in [4.78, 5) is 19.0. The molecule has 3 aromatic heterocycles. The molecular weight excluding hydrogens is 548 g/mol. The second-order valence-electron chi connectivity index (χ2n) is 12.0. The van der Waals surface area contributed by atoms with E-state index in [2.05, 4.69) is 133 Å². The first-order valence-electron chi connectivity index (χ1n) is 15.2. The van der Waals surface area contributed by atoms with Crippen LogP contribution in [-0.2, 0) is 5.41 Å². The van der Waals surface area contributed by atoms with E-state index in [0.29, 0.717) is 0 Å². The highest BCUT2D eigenvalue weighted by Crippen LogP contribution is 2.51. The van der Waals surface area contributed by atoms with Crippen LogP contribution in [0.1, 0.15) is 25.0 Å². The minimum atomic E-state index is -0.105. The van der Waals surface area contributed by atoms with Crippen LogP contribution in [0.4, 0.5) is 0 Å². The van der Waals surface area contributed by atoms with Crippen molar-refractivity contribution in [1.29, 1.82) is 0 Å². The van der Waals surface area contributed by atoms with Crippen LogP contribution in [0.25, 0.3) is 67.3 Å². The van der Waals surface area contributed by atoms with Crippen molar-refractivity contribution in [3.05, 3.63) is 157 Å². The van der Waals surface area contributed by atoms with Gasteiger partial charge in [-0.05, 0) is 62.7 Å². The van der Waals surface area contributed by atoms with Crippen molar-refractivity contribution in [3.63, 3.8) is 0 Å². The quantitative estimate of drug-likeness (QED) is 0.204. The third-order valence-electron chi connectivity index (χ3n) is 8.93. The van der Waals surface area contributed by atoms with Crippen molar-refractivity contribution in [2.24, 2.45) is 0 Å². The molecule has 0 amide bonds. The van der Waals surface area contributed by atoms with Gasteiger partial charge in [-0.15, -0.1) is 0 Å². The number of fused-ring (bicyclic) bond motifs is 3. The molecule has 1 aliphatic rings.